The van der Waals surface area contributed by atoms with Gasteiger partial charge in [0, 0.05) is 33.9 Å². The largest absolute Gasteiger partial charge is 0.385 e. The predicted octanol–water partition coefficient (Wildman–Crippen LogP) is 1.37. The van der Waals surface area contributed by atoms with Crippen LogP contribution in [0.1, 0.15) is 6.42 Å². The summed E-state index contributed by atoms with van der Waals surface area (Å²) in [5.74, 6) is 5.36. The van der Waals surface area contributed by atoms with Crippen LogP contribution in [0.15, 0.2) is 18.2 Å². The van der Waals surface area contributed by atoms with Crippen molar-refractivity contribution in [2.24, 2.45) is 5.84 Å². The van der Waals surface area contributed by atoms with Crippen molar-refractivity contribution < 1.29 is 14.4 Å². The van der Waals surface area contributed by atoms with Crippen LogP contribution in [0.3, 0.4) is 0 Å². The van der Waals surface area contributed by atoms with Crippen LogP contribution in [-0.4, -0.2) is 45.4 Å². The summed E-state index contributed by atoms with van der Waals surface area (Å²) in [6.45, 7) is 2.25. The predicted molar refractivity (Wildman–Crippen MR) is 81.5 cm³/mol. The average Bonchev–Trinajstić information content (AvgIpc) is 2.49. The van der Waals surface area contributed by atoms with Crippen molar-refractivity contribution in [1.82, 2.24) is 0 Å². The molecule has 21 heavy (non-hydrogen) atoms. The number of hydrazine groups is 1. The number of anilines is 2. The third-order valence-corrected chi connectivity index (χ3v) is 3.04. The second-order valence-corrected chi connectivity index (χ2v) is 4.40. The number of nitro benzene ring substituents is 1. The molecule has 3 N–H and O–H groups in total. The Morgan fingerprint density at radius 3 is 2.57 bits per heavy atom. The van der Waals surface area contributed by atoms with E-state index < -0.39 is 4.92 Å². The number of hydrogen-bond donors (Lipinski definition) is 2. The molecule has 1 aromatic carbocycles. The van der Waals surface area contributed by atoms with E-state index in [2.05, 4.69) is 5.43 Å². The van der Waals surface area contributed by atoms with E-state index in [1.54, 1.807) is 32.4 Å². The summed E-state index contributed by atoms with van der Waals surface area (Å²) in [7, 11) is 3.22. The van der Waals surface area contributed by atoms with Crippen LogP contribution in [0.5, 0.6) is 0 Å². The van der Waals surface area contributed by atoms with Crippen LogP contribution in [0.4, 0.5) is 17.1 Å². The fraction of sp³-hybridized carbons (Fsp3) is 0.538. The summed E-state index contributed by atoms with van der Waals surface area (Å²) in [6.07, 6.45) is 0.762. The summed E-state index contributed by atoms with van der Waals surface area (Å²) in [6, 6.07) is 5.01. The van der Waals surface area contributed by atoms with Crippen molar-refractivity contribution in [2.45, 2.75) is 6.42 Å². The molecule has 0 fully saturated rings. The minimum Gasteiger partial charge on any atom is -0.385 e. The van der Waals surface area contributed by atoms with Crippen molar-refractivity contribution >= 4 is 17.1 Å². The van der Waals surface area contributed by atoms with Crippen molar-refractivity contribution in [2.75, 3.05) is 50.8 Å². The third kappa shape index (κ3) is 4.85. The van der Waals surface area contributed by atoms with E-state index in [-0.39, 0.29) is 11.4 Å². The first kappa shape index (κ1) is 17.2. The molecule has 8 nitrogen and oxygen atoms in total. The van der Waals surface area contributed by atoms with Crippen molar-refractivity contribution in [1.29, 1.82) is 0 Å². The topological polar surface area (TPSA) is 103 Å². The van der Waals surface area contributed by atoms with Gasteiger partial charge in [-0.1, -0.05) is 6.07 Å². The fourth-order valence-electron chi connectivity index (χ4n) is 2.05. The first-order chi connectivity index (χ1) is 10.2. The highest BCUT2D eigenvalue weighted by Crippen LogP contribution is 2.34. The van der Waals surface area contributed by atoms with Gasteiger partial charge in [0.1, 0.15) is 11.4 Å². The lowest BCUT2D eigenvalue weighted by Crippen LogP contribution is -2.30. The molecule has 0 saturated heterocycles. The zero-order chi connectivity index (χ0) is 15.7. The Morgan fingerprint density at radius 2 is 2.00 bits per heavy atom. The maximum Gasteiger partial charge on any atom is 0.316 e. The Balaban J connectivity index is 3.06. The van der Waals surface area contributed by atoms with E-state index in [0.29, 0.717) is 32.0 Å². The van der Waals surface area contributed by atoms with E-state index >= 15 is 0 Å². The molecule has 0 saturated carbocycles. The molecule has 0 aromatic heterocycles. The van der Waals surface area contributed by atoms with E-state index in [1.807, 2.05) is 4.90 Å². The van der Waals surface area contributed by atoms with Gasteiger partial charge in [-0.3, -0.25) is 16.0 Å². The normalized spacial score (nSPS) is 10.4. The lowest BCUT2D eigenvalue weighted by Gasteiger charge is -2.24. The molecule has 0 unspecified atom stereocenters. The van der Waals surface area contributed by atoms with Crippen LogP contribution in [0.25, 0.3) is 0 Å². The van der Waals surface area contributed by atoms with Gasteiger partial charge in [-0.25, -0.2) is 0 Å². The van der Waals surface area contributed by atoms with E-state index in [9.17, 15) is 10.1 Å². The standard InChI is InChI=1S/C13H22N4O4/c1-20-9-4-7-16(8-10-21-2)12-6-3-5-11(15-14)13(12)17(18)19/h3,5-6,15H,4,7-10,14H2,1-2H3. The van der Waals surface area contributed by atoms with Gasteiger partial charge >= 0.3 is 5.69 Å². The van der Waals surface area contributed by atoms with Gasteiger partial charge in [0.2, 0.25) is 0 Å². The van der Waals surface area contributed by atoms with Gasteiger partial charge in [0.15, 0.2) is 0 Å². The molecular formula is C13H22N4O4. The quantitative estimate of drug-likeness (QED) is 0.291. The molecule has 0 aliphatic carbocycles. The Bertz CT molecular complexity index is 456. The van der Waals surface area contributed by atoms with Crippen LogP contribution < -0.4 is 16.2 Å². The zero-order valence-electron chi connectivity index (χ0n) is 12.4. The molecule has 0 radical (unpaired) electrons. The molecule has 0 aliphatic rings. The summed E-state index contributed by atoms with van der Waals surface area (Å²) < 4.78 is 10.1. The second kappa shape index (κ2) is 9.11. The highest BCUT2D eigenvalue weighted by molar-refractivity contribution is 5.76. The van der Waals surface area contributed by atoms with Gasteiger partial charge in [-0.05, 0) is 18.6 Å². The molecule has 0 aliphatic heterocycles. The number of nitrogens with one attached hydrogen (secondary N) is 1. The van der Waals surface area contributed by atoms with Crippen LogP contribution >= 0.6 is 0 Å². The highest BCUT2D eigenvalue weighted by atomic mass is 16.6. The number of nitrogens with zero attached hydrogens (tertiary/aromatic N) is 2. The number of nitrogens with two attached hydrogens (primary N) is 1. The lowest BCUT2D eigenvalue weighted by atomic mass is 10.2. The monoisotopic (exact) mass is 298 g/mol. The smallest absolute Gasteiger partial charge is 0.316 e. The summed E-state index contributed by atoms with van der Waals surface area (Å²) in [4.78, 5) is 12.8. The zero-order valence-corrected chi connectivity index (χ0v) is 12.4. The summed E-state index contributed by atoms with van der Waals surface area (Å²) >= 11 is 0. The number of ether oxygens (including phenoxy) is 2. The van der Waals surface area contributed by atoms with Gasteiger partial charge in [-0.2, -0.15) is 0 Å². The average molecular weight is 298 g/mol. The Labute approximate surface area is 123 Å². The Kier molecular flexibility index (Phi) is 7.44. The number of methoxy groups -OCH3 is 2. The number of benzene rings is 1. The van der Waals surface area contributed by atoms with Crippen molar-refractivity contribution in [3.8, 4) is 0 Å². The van der Waals surface area contributed by atoms with E-state index in [0.717, 1.165) is 6.42 Å². The van der Waals surface area contributed by atoms with E-state index in [1.165, 1.54) is 0 Å². The number of rotatable bonds is 10. The number of nitrogen functional groups attached to an aromatic ring is 1. The number of para-hydroxylation sites is 1. The second-order valence-electron chi connectivity index (χ2n) is 4.40. The maximum atomic E-state index is 11.3. The van der Waals surface area contributed by atoms with Gasteiger partial charge in [0.25, 0.3) is 0 Å². The molecule has 1 rings (SSSR count). The molecule has 0 amide bonds. The fourth-order valence-corrected chi connectivity index (χ4v) is 2.05. The molecule has 0 heterocycles. The number of hydrogen-bond acceptors (Lipinski definition) is 7. The van der Waals surface area contributed by atoms with Gasteiger partial charge in [0.05, 0.1) is 11.5 Å². The lowest BCUT2D eigenvalue weighted by molar-refractivity contribution is -0.383. The van der Waals surface area contributed by atoms with Crippen LogP contribution in [0.2, 0.25) is 0 Å². The van der Waals surface area contributed by atoms with E-state index in [4.69, 9.17) is 15.3 Å². The molecule has 0 atom stereocenters. The number of nitro groups is 1. The van der Waals surface area contributed by atoms with Crippen LogP contribution in [-0.2, 0) is 9.47 Å². The third-order valence-electron chi connectivity index (χ3n) is 3.04. The van der Waals surface area contributed by atoms with Crippen molar-refractivity contribution in [3.05, 3.63) is 28.3 Å². The summed E-state index contributed by atoms with van der Waals surface area (Å²) in [5, 5.41) is 11.3. The SMILES string of the molecule is COCCCN(CCOC)c1cccc(NN)c1[N+](=O)[O-]. The van der Waals surface area contributed by atoms with Gasteiger partial charge in [-0.15, -0.1) is 0 Å². The highest BCUT2D eigenvalue weighted by Gasteiger charge is 2.23. The molecule has 0 spiro atoms. The van der Waals surface area contributed by atoms with Crippen molar-refractivity contribution in [3.63, 3.8) is 0 Å². The first-order valence-electron chi connectivity index (χ1n) is 6.62. The molecule has 118 valence electrons. The maximum absolute atomic E-state index is 11.3. The Hall–Kier alpha value is -1.90. The molecule has 8 heteroatoms. The van der Waals surface area contributed by atoms with Gasteiger partial charge < -0.3 is 19.8 Å². The minimum absolute atomic E-state index is 0.0338. The molecule has 1 aromatic rings. The minimum atomic E-state index is -0.430. The molecule has 0 bridgehead atoms. The molecular weight excluding hydrogens is 276 g/mol. The summed E-state index contributed by atoms with van der Waals surface area (Å²) in [5.41, 5.74) is 3.14. The van der Waals surface area contributed by atoms with Crippen LogP contribution in [0, 0.1) is 10.1 Å². The first-order valence-corrected chi connectivity index (χ1v) is 6.62. The Morgan fingerprint density at radius 1 is 1.29 bits per heavy atom.